The van der Waals surface area contributed by atoms with Crippen LogP contribution in [0.5, 0.6) is 5.75 Å². The van der Waals surface area contributed by atoms with Crippen molar-refractivity contribution in [2.75, 3.05) is 12.3 Å². The van der Waals surface area contributed by atoms with E-state index in [1.807, 2.05) is 32.0 Å². The highest BCUT2D eigenvalue weighted by atomic mass is 79.9. The highest BCUT2D eigenvalue weighted by Crippen LogP contribution is 2.23. The summed E-state index contributed by atoms with van der Waals surface area (Å²) < 4.78 is 6.79. The van der Waals surface area contributed by atoms with Gasteiger partial charge in [0.15, 0.2) is 0 Å². The molecule has 1 aromatic carbocycles. The lowest BCUT2D eigenvalue weighted by Crippen LogP contribution is -2.26. The van der Waals surface area contributed by atoms with Crippen LogP contribution in [0.15, 0.2) is 22.7 Å². The number of nitrogens with zero attached hydrogens (tertiary/aromatic N) is 2. The maximum atomic E-state index is 12.2. The Kier molecular flexibility index (Phi) is 5.54. The van der Waals surface area contributed by atoms with Crippen LogP contribution in [0.3, 0.4) is 0 Å². The topological polar surface area (TPSA) is 90.1 Å². The fourth-order valence-electron chi connectivity index (χ4n) is 2.23. The first-order valence-corrected chi connectivity index (χ1v) is 8.01. The van der Waals surface area contributed by atoms with Crippen molar-refractivity contribution in [2.45, 2.75) is 27.4 Å². The molecule has 23 heavy (non-hydrogen) atoms. The Morgan fingerprint density at radius 1 is 1.35 bits per heavy atom. The molecular weight excluding hydrogens is 360 g/mol. The van der Waals surface area contributed by atoms with E-state index in [1.165, 1.54) is 0 Å². The Morgan fingerprint density at radius 2 is 2.09 bits per heavy atom. The van der Waals surface area contributed by atoms with E-state index in [0.717, 1.165) is 15.8 Å². The number of nitrogen functional groups attached to an aromatic ring is 1. The van der Waals surface area contributed by atoms with Crippen LogP contribution in [-0.4, -0.2) is 22.4 Å². The quantitative estimate of drug-likeness (QED) is 0.834. The van der Waals surface area contributed by atoms with Gasteiger partial charge in [0.2, 0.25) is 5.95 Å². The van der Waals surface area contributed by atoms with Crippen LogP contribution in [0, 0.1) is 13.8 Å². The highest BCUT2D eigenvalue weighted by Gasteiger charge is 2.18. The molecule has 2 aromatic rings. The van der Waals surface area contributed by atoms with E-state index in [2.05, 4.69) is 31.2 Å². The first-order valence-electron chi connectivity index (χ1n) is 7.22. The second-order valence-electron chi connectivity index (χ2n) is 5.05. The molecule has 6 nitrogen and oxygen atoms in total. The molecular formula is C16H19BrN4O2. The number of nitrogens with two attached hydrogens (primary N) is 1. The van der Waals surface area contributed by atoms with Crippen LogP contribution in [0.1, 0.15) is 34.2 Å². The second kappa shape index (κ2) is 7.41. The number of hydrogen-bond acceptors (Lipinski definition) is 5. The summed E-state index contributed by atoms with van der Waals surface area (Å²) in [7, 11) is 0. The molecule has 1 aromatic heterocycles. The summed E-state index contributed by atoms with van der Waals surface area (Å²) in [6.45, 7) is 6.20. The number of amides is 1. The van der Waals surface area contributed by atoms with E-state index in [-0.39, 0.29) is 18.5 Å². The number of nitrogens with one attached hydrogen (secondary N) is 1. The number of aryl methyl sites for hydroxylation is 2. The minimum absolute atomic E-state index is 0.127. The number of hydrogen-bond donors (Lipinski definition) is 2. The van der Waals surface area contributed by atoms with E-state index in [1.54, 1.807) is 6.92 Å². The zero-order valence-electron chi connectivity index (χ0n) is 13.3. The monoisotopic (exact) mass is 378 g/mol. The molecule has 0 aliphatic rings. The number of halogens is 1. The van der Waals surface area contributed by atoms with Gasteiger partial charge < -0.3 is 15.8 Å². The van der Waals surface area contributed by atoms with E-state index < -0.39 is 0 Å². The Bertz CT molecular complexity index is 734. The summed E-state index contributed by atoms with van der Waals surface area (Å²) in [6, 6.07) is 5.72. The van der Waals surface area contributed by atoms with Gasteiger partial charge in [-0.3, -0.25) is 4.79 Å². The second-order valence-corrected chi connectivity index (χ2v) is 5.96. The van der Waals surface area contributed by atoms with E-state index in [4.69, 9.17) is 10.5 Å². The van der Waals surface area contributed by atoms with Gasteiger partial charge in [0.05, 0.1) is 17.0 Å². The Hall–Kier alpha value is -2.15. The SMILES string of the molecule is CCNC(=O)c1c(C)nc(N)nc1COc1ccc(Br)cc1C. The van der Waals surface area contributed by atoms with Crippen molar-refractivity contribution in [1.29, 1.82) is 0 Å². The van der Waals surface area contributed by atoms with Gasteiger partial charge in [-0.1, -0.05) is 15.9 Å². The summed E-state index contributed by atoms with van der Waals surface area (Å²) in [5, 5.41) is 2.76. The molecule has 0 spiro atoms. The van der Waals surface area contributed by atoms with Gasteiger partial charge in [0.25, 0.3) is 5.91 Å². The minimum atomic E-state index is -0.226. The molecule has 122 valence electrons. The number of rotatable bonds is 5. The maximum Gasteiger partial charge on any atom is 0.255 e. The van der Waals surface area contributed by atoms with Crippen LogP contribution in [0.2, 0.25) is 0 Å². The molecule has 0 bridgehead atoms. The lowest BCUT2D eigenvalue weighted by Gasteiger charge is -2.14. The largest absolute Gasteiger partial charge is 0.487 e. The van der Waals surface area contributed by atoms with E-state index in [9.17, 15) is 4.79 Å². The smallest absolute Gasteiger partial charge is 0.255 e. The lowest BCUT2D eigenvalue weighted by molar-refractivity contribution is 0.0951. The van der Waals surface area contributed by atoms with E-state index in [0.29, 0.717) is 23.5 Å². The van der Waals surface area contributed by atoms with Gasteiger partial charge in [-0.25, -0.2) is 9.97 Å². The average Bonchev–Trinajstić information content (AvgIpc) is 2.45. The van der Waals surface area contributed by atoms with Crippen LogP contribution >= 0.6 is 15.9 Å². The van der Waals surface area contributed by atoms with Crippen LogP contribution in [-0.2, 0) is 6.61 Å². The molecule has 3 N–H and O–H groups in total. The van der Waals surface area contributed by atoms with Crippen molar-refractivity contribution >= 4 is 27.8 Å². The lowest BCUT2D eigenvalue weighted by atomic mass is 10.1. The third-order valence-corrected chi connectivity index (χ3v) is 3.74. The third-order valence-electron chi connectivity index (χ3n) is 3.25. The van der Waals surface area contributed by atoms with Crippen molar-refractivity contribution in [1.82, 2.24) is 15.3 Å². The number of benzene rings is 1. The summed E-state index contributed by atoms with van der Waals surface area (Å²) in [6.07, 6.45) is 0. The molecule has 0 saturated heterocycles. The number of ether oxygens (including phenoxy) is 1. The summed E-state index contributed by atoms with van der Waals surface area (Å²) in [5.41, 5.74) is 8.11. The van der Waals surface area contributed by atoms with Crippen LogP contribution in [0.25, 0.3) is 0 Å². The van der Waals surface area contributed by atoms with Crippen LogP contribution < -0.4 is 15.8 Å². The van der Waals surface area contributed by atoms with Crippen molar-refractivity contribution in [3.8, 4) is 5.75 Å². The van der Waals surface area contributed by atoms with Gasteiger partial charge in [0, 0.05) is 11.0 Å². The van der Waals surface area contributed by atoms with E-state index >= 15 is 0 Å². The molecule has 0 aliphatic heterocycles. The Labute approximate surface area is 143 Å². The molecule has 0 aliphatic carbocycles. The normalized spacial score (nSPS) is 10.4. The summed E-state index contributed by atoms with van der Waals surface area (Å²) >= 11 is 3.41. The van der Waals surface area contributed by atoms with Gasteiger partial charge in [-0.15, -0.1) is 0 Å². The van der Waals surface area contributed by atoms with Crippen LogP contribution in [0.4, 0.5) is 5.95 Å². The van der Waals surface area contributed by atoms with Crippen molar-refractivity contribution in [2.24, 2.45) is 0 Å². The molecule has 0 fully saturated rings. The first-order chi connectivity index (χ1) is 10.9. The van der Waals surface area contributed by atoms with Crippen molar-refractivity contribution < 1.29 is 9.53 Å². The number of aromatic nitrogens is 2. The van der Waals surface area contributed by atoms with Gasteiger partial charge in [-0.05, 0) is 44.5 Å². The number of carbonyl (C=O) groups is 1. The minimum Gasteiger partial charge on any atom is -0.487 e. The summed E-state index contributed by atoms with van der Waals surface area (Å²) in [4.78, 5) is 20.5. The average molecular weight is 379 g/mol. The molecule has 1 heterocycles. The predicted molar refractivity (Wildman–Crippen MR) is 92.4 cm³/mol. The predicted octanol–water partition coefficient (Wildman–Crippen LogP) is 2.77. The van der Waals surface area contributed by atoms with Gasteiger partial charge >= 0.3 is 0 Å². The zero-order chi connectivity index (χ0) is 17.0. The number of anilines is 1. The Morgan fingerprint density at radius 3 is 2.74 bits per heavy atom. The molecule has 0 atom stereocenters. The van der Waals surface area contributed by atoms with Gasteiger partial charge in [0.1, 0.15) is 12.4 Å². The molecule has 7 heteroatoms. The molecule has 0 radical (unpaired) electrons. The third kappa shape index (κ3) is 4.19. The van der Waals surface area contributed by atoms with Crippen molar-refractivity contribution in [3.63, 3.8) is 0 Å². The summed E-state index contributed by atoms with van der Waals surface area (Å²) in [5.74, 6) is 0.627. The van der Waals surface area contributed by atoms with Gasteiger partial charge in [-0.2, -0.15) is 0 Å². The maximum absolute atomic E-state index is 12.2. The Balaban J connectivity index is 2.29. The molecule has 0 unspecified atom stereocenters. The zero-order valence-corrected chi connectivity index (χ0v) is 14.9. The fourth-order valence-corrected chi connectivity index (χ4v) is 2.70. The number of carbonyl (C=O) groups excluding carboxylic acids is 1. The fraction of sp³-hybridized carbons (Fsp3) is 0.312. The van der Waals surface area contributed by atoms with Crippen molar-refractivity contribution in [3.05, 3.63) is 45.2 Å². The molecule has 0 saturated carbocycles. The molecule has 1 amide bonds. The highest BCUT2D eigenvalue weighted by molar-refractivity contribution is 9.10. The standard InChI is InChI=1S/C16H19BrN4O2/c1-4-19-15(22)14-10(3)20-16(18)21-12(14)8-23-13-6-5-11(17)7-9(13)2/h5-7H,4,8H2,1-3H3,(H,19,22)(H2,18,20,21). The first kappa shape index (κ1) is 17.2. The molecule has 2 rings (SSSR count).